The molecule has 0 radical (unpaired) electrons. The van der Waals surface area contributed by atoms with E-state index in [4.69, 9.17) is 4.74 Å². The standard InChI is InChI=1S/C20H34N4O.HI/c1-15-12-24(13-16(2)25-15)14-18-10-8-7-9-17(18)11-22-19(21-6)23-20(3,4)5;/h7-10,15-16H,11-14H2,1-6H3,(H2,21,22,23);1H. The number of benzene rings is 1. The number of aliphatic imine (C=N–C) groups is 1. The van der Waals surface area contributed by atoms with Gasteiger partial charge in [-0.2, -0.15) is 0 Å². The van der Waals surface area contributed by atoms with Crippen molar-refractivity contribution >= 4 is 29.9 Å². The van der Waals surface area contributed by atoms with Crippen molar-refractivity contribution in [3.63, 3.8) is 0 Å². The quantitative estimate of drug-likeness (QED) is 0.399. The Morgan fingerprint density at radius 1 is 1.15 bits per heavy atom. The molecule has 2 atom stereocenters. The molecule has 2 rings (SSSR count). The van der Waals surface area contributed by atoms with Crippen LogP contribution in [0.1, 0.15) is 45.7 Å². The van der Waals surface area contributed by atoms with Gasteiger partial charge in [0.2, 0.25) is 0 Å². The van der Waals surface area contributed by atoms with Crippen LogP contribution in [0.25, 0.3) is 0 Å². The number of morpholine rings is 1. The zero-order chi connectivity index (χ0) is 18.4. The van der Waals surface area contributed by atoms with Crippen molar-refractivity contribution in [2.45, 2.75) is 65.5 Å². The Hall–Kier alpha value is -0.860. The average molecular weight is 474 g/mol. The van der Waals surface area contributed by atoms with Gasteiger partial charge in [0.1, 0.15) is 0 Å². The summed E-state index contributed by atoms with van der Waals surface area (Å²) in [7, 11) is 1.81. The Bertz CT molecular complexity index is 575. The van der Waals surface area contributed by atoms with Gasteiger partial charge in [0.05, 0.1) is 12.2 Å². The summed E-state index contributed by atoms with van der Waals surface area (Å²) in [5, 5.41) is 6.83. The summed E-state index contributed by atoms with van der Waals surface area (Å²) in [5.41, 5.74) is 2.66. The molecule has 2 unspecified atom stereocenters. The minimum absolute atomic E-state index is 0. The molecule has 6 heteroatoms. The van der Waals surface area contributed by atoms with Gasteiger partial charge in [-0.05, 0) is 45.7 Å². The Balaban J connectivity index is 0.00000338. The molecule has 1 aliphatic rings. The number of guanidine groups is 1. The van der Waals surface area contributed by atoms with Gasteiger partial charge in [0.25, 0.3) is 0 Å². The topological polar surface area (TPSA) is 48.9 Å². The van der Waals surface area contributed by atoms with E-state index < -0.39 is 0 Å². The zero-order valence-electron chi connectivity index (χ0n) is 17.0. The number of hydrogen-bond acceptors (Lipinski definition) is 3. The fourth-order valence-corrected chi connectivity index (χ4v) is 3.25. The second-order valence-electron chi connectivity index (χ2n) is 8.02. The minimum Gasteiger partial charge on any atom is -0.373 e. The second-order valence-corrected chi connectivity index (χ2v) is 8.02. The van der Waals surface area contributed by atoms with Crippen LogP contribution in [0.3, 0.4) is 0 Å². The maximum atomic E-state index is 5.85. The third kappa shape index (κ3) is 7.80. The molecular formula is C20H35IN4O. The van der Waals surface area contributed by atoms with Gasteiger partial charge in [0.15, 0.2) is 5.96 Å². The van der Waals surface area contributed by atoms with E-state index in [0.29, 0.717) is 12.2 Å². The lowest BCUT2D eigenvalue weighted by Crippen LogP contribution is -2.47. The van der Waals surface area contributed by atoms with Crippen LogP contribution in [0.15, 0.2) is 29.3 Å². The lowest BCUT2D eigenvalue weighted by atomic mass is 10.1. The van der Waals surface area contributed by atoms with E-state index in [1.54, 1.807) is 0 Å². The molecule has 0 bridgehead atoms. The van der Waals surface area contributed by atoms with Gasteiger partial charge in [0, 0.05) is 38.8 Å². The SMILES string of the molecule is CN=C(NCc1ccccc1CN1CC(C)OC(C)C1)NC(C)(C)C.I. The lowest BCUT2D eigenvalue weighted by Gasteiger charge is -2.35. The number of rotatable bonds is 4. The van der Waals surface area contributed by atoms with E-state index in [0.717, 1.165) is 32.1 Å². The number of ether oxygens (including phenoxy) is 1. The predicted molar refractivity (Wildman–Crippen MR) is 120 cm³/mol. The van der Waals surface area contributed by atoms with Crippen LogP contribution >= 0.6 is 24.0 Å². The highest BCUT2D eigenvalue weighted by atomic mass is 127. The highest BCUT2D eigenvalue weighted by molar-refractivity contribution is 14.0. The first-order chi connectivity index (χ1) is 11.8. The van der Waals surface area contributed by atoms with Crippen LogP contribution in [0.5, 0.6) is 0 Å². The van der Waals surface area contributed by atoms with Crippen molar-refractivity contribution in [2.24, 2.45) is 4.99 Å². The van der Waals surface area contributed by atoms with E-state index >= 15 is 0 Å². The van der Waals surface area contributed by atoms with E-state index in [-0.39, 0.29) is 29.5 Å². The monoisotopic (exact) mass is 474 g/mol. The molecule has 5 nitrogen and oxygen atoms in total. The van der Waals surface area contributed by atoms with Crippen molar-refractivity contribution in [2.75, 3.05) is 20.1 Å². The lowest BCUT2D eigenvalue weighted by molar-refractivity contribution is -0.0705. The predicted octanol–water partition coefficient (Wildman–Crippen LogP) is 3.38. The fourth-order valence-electron chi connectivity index (χ4n) is 3.25. The second kappa shape index (κ2) is 10.5. The third-order valence-corrected chi connectivity index (χ3v) is 4.17. The van der Waals surface area contributed by atoms with Crippen molar-refractivity contribution in [3.05, 3.63) is 35.4 Å². The molecule has 2 N–H and O–H groups in total. The maximum Gasteiger partial charge on any atom is 0.191 e. The normalized spacial score (nSPS) is 21.8. The van der Waals surface area contributed by atoms with E-state index in [2.05, 4.69) is 79.4 Å². The van der Waals surface area contributed by atoms with Gasteiger partial charge in [-0.3, -0.25) is 9.89 Å². The Morgan fingerprint density at radius 3 is 2.27 bits per heavy atom. The first kappa shape index (κ1) is 23.2. The van der Waals surface area contributed by atoms with E-state index in [9.17, 15) is 0 Å². The molecule has 1 aromatic rings. The molecule has 1 heterocycles. The number of nitrogens with one attached hydrogen (secondary N) is 2. The number of hydrogen-bond donors (Lipinski definition) is 2. The average Bonchev–Trinajstić information content (AvgIpc) is 2.50. The Labute approximate surface area is 176 Å². The Kier molecular flexibility index (Phi) is 9.33. The third-order valence-electron chi connectivity index (χ3n) is 4.17. The summed E-state index contributed by atoms with van der Waals surface area (Å²) in [6.45, 7) is 14.4. The molecule has 1 aliphatic heterocycles. The first-order valence-corrected chi connectivity index (χ1v) is 9.20. The van der Waals surface area contributed by atoms with Crippen LogP contribution in [-0.4, -0.2) is 48.7 Å². The van der Waals surface area contributed by atoms with Gasteiger partial charge < -0.3 is 15.4 Å². The smallest absolute Gasteiger partial charge is 0.191 e. The first-order valence-electron chi connectivity index (χ1n) is 9.20. The van der Waals surface area contributed by atoms with Crippen molar-refractivity contribution < 1.29 is 4.74 Å². The maximum absolute atomic E-state index is 5.85. The summed E-state index contributed by atoms with van der Waals surface area (Å²) in [6.07, 6.45) is 0.590. The molecule has 0 aromatic heterocycles. The molecule has 0 saturated carbocycles. The molecule has 148 valence electrons. The summed E-state index contributed by atoms with van der Waals surface area (Å²) < 4.78 is 5.85. The van der Waals surface area contributed by atoms with Gasteiger partial charge in [-0.25, -0.2) is 0 Å². The van der Waals surface area contributed by atoms with Crippen LogP contribution in [-0.2, 0) is 17.8 Å². The fraction of sp³-hybridized carbons (Fsp3) is 0.650. The van der Waals surface area contributed by atoms with Gasteiger partial charge >= 0.3 is 0 Å². The molecule has 26 heavy (non-hydrogen) atoms. The number of nitrogens with zero attached hydrogens (tertiary/aromatic N) is 2. The van der Waals surface area contributed by atoms with Crippen LogP contribution < -0.4 is 10.6 Å². The number of halogens is 1. The van der Waals surface area contributed by atoms with Crippen LogP contribution in [0, 0.1) is 0 Å². The Morgan fingerprint density at radius 2 is 1.73 bits per heavy atom. The summed E-state index contributed by atoms with van der Waals surface area (Å²) in [6, 6.07) is 8.64. The summed E-state index contributed by atoms with van der Waals surface area (Å²) in [5.74, 6) is 0.830. The molecule has 1 saturated heterocycles. The summed E-state index contributed by atoms with van der Waals surface area (Å²) in [4.78, 5) is 6.81. The molecule has 1 aromatic carbocycles. The minimum atomic E-state index is -0.0125. The van der Waals surface area contributed by atoms with Crippen LogP contribution in [0.2, 0.25) is 0 Å². The van der Waals surface area contributed by atoms with Crippen LogP contribution in [0.4, 0.5) is 0 Å². The van der Waals surface area contributed by atoms with Crippen molar-refractivity contribution in [1.82, 2.24) is 15.5 Å². The van der Waals surface area contributed by atoms with Crippen molar-refractivity contribution in [1.29, 1.82) is 0 Å². The highest BCUT2D eigenvalue weighted by Crippen LogP contribution is 2.17. The largest absolute Gasteiger partial charge is 0.373 e. The molecular weight excluding hydrogens is 439 g/mol. The van der Waals surface area contributed by atoms with E-state index in [1.165, 1.54) is 11.1 Å². The molecule has 0 spiro atoms. The van der Waals surface area contributed by atoms with Gasteiger partial charge in [-0.1, -0.05) is 24.3 Å². The van der Waals surface area contributed by atoms with E-state index in [1.807, 2.05) is 7.05 Å². The van der Waals surface area contributed by atoms with Gasteiger partial charge in [-0.15, -0.1) is 24.0 Å². The summed E-state index contributed by atoms with van der Waals surface area (Å²) >= 11 is 0. The van der Waals surface area contributed by atoms with Crippen molar-refractivity contribution in [3.8, 4) is 0 Å². The molecule has 1 fully saturated rings. The molecule has 0 amide bonds. The zero-order valence-corrected chi connectivity index (χ0v) is 19.3. The molecule has 0 aliphatic carbocycles. The highest BCUT2D eigenvalue weighted by Gasteiger charge is 2.22.